The average Bonchev–Trinajstić information content (AvgIpc) is 2.64. The minimum absolute atomic E-state index is 0.153. The highest BCUT2D eigenvalue weighted by Crippen LogP contribution is 2.31. The molecule has 2 rings (SSSR count). The third-order valence-corrected chi connectivity index (χ3v) is 4.16. The molecule has 2 nitrogen and oxygen atoms in total. The van der Waals surface area contributed by atoms with Crippen molar-refractivity contribution in [3.05, 3.63) is 45.4 Å². The van der Waals surface area contributed by atoms with Gasteiger partial charge in [-0.2, -0.15) is 0 Å². The van der Waals surface area contributed by atoms with Crippen LogP contribution < -0.4 is 11.3 Å². The van der Waals surface area contributed by atoms with Crippen LogP contribution in [0, 0.1) is 6.92 Å². The van der Waals surface area contributed by atoms with Crippen LogP contribution in [0.25, 0.3) is 0 Å². The van der Waals surface area contributed by atoms with Crippen molar-refractivity contribution in [3.63, 3.8) is 0 Å². The van der Waals surface area contributed by atoms with Gasteiger partial charge in [0.1, 0.15) is 0 Å². The van der Waals surface area contributed by atoms with Crippen LogP contribution in [0.1, 0.15) is 49.3 Å². The Labute approximate surface area is 118 Å². The van der Waals surface area contributed by atoms with Gasteiger partial charge in [-0.15, -0.1) is 0 Å². The van der Waals surface area contributed by atoms with Gasteiger partial charge in [-0.1, -0.05) is 40.1 Å². The lowest BCUT2D eigenvalue weighted by atomic mass is 9.93. The van der Waals surface area contributed by atoms with Crippen LogP contribution in [0.5, 0.6) is 0 Å². The van der Waals surface area contributed by atoms with Crippen molar-refractivity contribution in [2.45, 2.75) is 45.1 Å². The normalized spacial score (nSPS) is 18.1. The molecular formula is C15H21BrN2. The number of halogens is 1. The fraction of sp³-hybridized carbons (Fsp3) is 0.467. The Kier molecular flexibility index (Phi) is 4.98. The van der Waals surface area contributed by atoms with E-state index >= 15 is 0 Å². The maximum absolute atomic E-state index is 5.80. The SMILES string of the molecule is Cc1ccc(Br)cc1C(NN)C1=CCCCCC1. The van der Waals surface area contributed by atoms with Gasteiger partial charge in [0.05, 0.1) is 6.04 Å². The molecule has 1 aromatic carbocycles. The lowest BCUT2D eigenvalue weighted by Gasteiger charge is -2.22. The molecule has 0 saturated heterocycles. The molecule has 0 saturated carbocycles. The second kappa shape index (κ2) is 6.50. The third-order valence-electron chi connectivity index (χ3n) is 3.67. The quantitative estimate of drug-likeness (QED) is 0.500. The number of rotatable bonds is 3. The largest absolute Gasteiger partial charge is 0.271 e. The van der Waals surface area contributed by atoms with Crippen LogP contribution in [0.2, 0.25) is 0 Å². The van der Waals surface area contributed by atoms with Crippen LogP contribution in [0.3, 0.4) is 0 Å². The van der Waals surface area contributed by atoms with Crippen molar-refractivity contribution in [3.8, 4) is 0 Å². The number of benzene rings is 1. The van der Waals surface area contributed by atoms with Gasteiger partial charge in [0.2, 0.25) is 0 Å². The smallest absolute Gasteiger partial charge is 0.0673 e. The molecule has 18 heavy (non-hydrogen) atoms. The van der Waals surface area contributed by atoms with Gasteiger partial charge in [-0.25, -0.2) is 5.43 Å². The summed E-state index contributed by atoms with van der Waals surface area (Å²) in [5.41, 5.74) is 7.00. The fourth-order valence-corrected chi connectivity index (χ4v) is 3.00. The van der Waals surface area contributed by atoms with E-state index in [9.17, 15) is 0 Å². The first kappa shape index (κ1) is 13.8. The number of hydrazine groups is 1. The van der Waals surface area contributed by atoms with Crippen LogP contribution in [-0.4, -0.2) is 0 Å². The minimum atomic E-state index is 0.153. The fourth-order valence-electron chi connectivity index (χ4n) is 2.62. The first-order valence-corrected chi connectivity index (χ1v) is 7.43. The van der Waals surface area contributed by atoms with E-state index < -0.39 is 0 Å². The summed E-state index contributed by atoms with van der Waals surface area (Å²) in [6.45, 7) is 2.14. The lowest BCUT2D eigenvalue weighted by Crippen LogP contribution is -2.30. The molecule has 1 atom stereocenters. The van der Waals surface area contributed by atoms with E-state index in [-0.39, 0.29) is 6.04 Å². The molecule has 98 valence electrons. The molecule has 1 aromatic rings. The molecule has 0 aromatic heterocycles. The summed E-state index contributed by atoms with van der Waals surface area (Å²) < 4.78 is 1.11. The molecule has 1 unspecified atom stereocenters. The van der Waals surface area contributed by atoms with Crippen LogP contribution in [0.15, 0.2) is 34.3 Å². The van der Waals surface area contributed by atoms with E-state index in [1.165, 1.54) is 42.4 Å². The summed E-state index contributed by atoms with van der Waals surface area (Å²) in [7, 11) is 0. The van der Waals surface area contributed by atoms with Gasteiger partial charge in [-0.3, -0.25) is 5.84 Å². The number of nitrogens with one attached hydrogen (secondary N) is 1. The van der Waals surface area contributed by atoms with Gasteiger partial charge < -0.3 is 0 Å². The van der Waals surface area contributed by atoms with Crippen LogP contribution in [0.4, 0.5) is 0 Å². The van der Waals surface area contributed by atoms with E-state index in [1.54, 1.807) is 0 Å². The van der Waals surface area contributed by atoms with Crippen molar-refractivity contribution in [1.29, 1.82) is 0 Å². The first-order chi connectivity index (χ1) is 8.72. The molecular weight excluding hydrogens is 288 g/mol. The summed E-state index contributed by atoms with van der Waals surface area (Å²) in [5.74, 6) is 5.80. The van der Waals surface area contributed by atoms with Crippen molar-refractivity contribution in [2.24, 2.45) is 5.84 Å². The molecule has 0 heterocycles. The lowest BCUT2D eigenvalue weighted by molar-refractivity contribution is 0.590. The highest BCUT2D eigenvalue weighted by Gasteiger charge is 2.18. The molecule has 1 aliphatic carbocycles. The van der Waals surface area contributed by atoms with Crippen molar-refractivity contribution >= 4 is 15.9 Å². The van der Waals surface area contributed by atoms with Crippen molar-refractivity contribution < 1.29 is 0 Å². The Hall–Kier alpha value is -0.640. The van der Waals surface area contributed by atoms with Gasteiger partial charge in [-0.05, 0) is 55.9 Å². The second-order valence-electron chi connectivity index (χ2n) is 4.98. The Morgan fingerprint density at radius 3 is 2.89 bits per heavy atom. The van der Waals surface area contributed by atoms with Crippen molar-refractivity contribution in [2.75, 3.05) is 0 Å². The number of nitrogens with two attached hydrogens (primary N) is 1. The summed E-state index contributed by atoms with van der Waals surface area (Å²) in [5, 5.41) is 0. The number of allylic oxidation sites excluding steroid dienone is 1. The van der Waals surface area contributed by atoms with Gasteiger partial charge in [0.15, 0.2) is 0 Å². The molecule has 0 radical (unpaired) electrons. The van der Waals surface area contributed by atoms with E-state index in [0.29, 0.717) is 0 Å². The predicted octanol–water partition coefficient (Wildman–Crippen LogP) is 4.15. The standard InChI is InChI=1S/C15H21BrN2/c1-11-8-9-13(16)10-14(11)15(18-17)12-6-4-2-3-5-7-12/h6,8-10,15,18H,2-5,7,17H2,1H3. The molecule has 3 heteroatoms. The molecule has 0 bridgehead atoms. The maximum Gasteiger partial charge on any atom is 0.0673 e. The summed E-state index contributed by atoms with van der Waals surface area (Å²) in [6.07, 6.45) is 8.61. The molecule has 0 fully saturated rings. The van der Waals surface area contributed by atoms with E-state index in [2.05, 4.69) is 52.6 Å². The molecule has 0 spiro atoms. The molecule has 0 aliphatic heterocycles. The Bertz CT molecular complexity index is 440. The minimum Gasteiger partial charge on any atom is -0.271 e. The molecule has 3 N–H and O–H groups in total. The zero-order valence-electron chi connectivity index (χ0n) is 10.9. The molecule has 0 amide bonds. The summed E-state index contributed by atoms with van der Waals surface area (Å²) in [4.78, 5) is 0. The average molecular weight is 309 g/mol. The van der Waals surface area contributed by atoms with Gasteiger partial charge in [0, 0.05) is 4.47 Å². The number of aryl methyl sites for hydroxylation is 1. The number of hydrogen-bond donors (Lipinski definition) is 2. The van der Waals surface area contributed by atoms with Gasteiger partial charge in [0.25, 0.3) is 0 Å². The molecule has 1 aliphatic rings. The zero-order valence-corrected chi connectivity index (χ0v) is 12.5. The van der Waals surface area contributed by atoms with Crippen molar-refractivity contribution in [1.82, 2.24) is 5.43 Å². The van der Waals surface area contributed by atoms with E-state index in [0.717, 1.165) is 10.9 Å². The predicted molar refractivity (Wildman–Crippen MR) is 80.1 cm³/mol. The highest BCUT2D eigenvalue weighted by atomic mass is 79.9. The zero-order chi connectivity index (χ0) is 13.0. The summed E-state index contributed by atoms with van der Waals surface area (Å²) >= 11 is 3.55. The monoisotopic (exact) mass is 308 g/mol. The number of hydrogen-bond acceptors (Lipinski definition) is 2. The van der Waals surface area contributed by atoms with E-state index in [4.69, 9.17) is 5.84 Å². The Morgan fingerprint density at radius 1 is 1.28 bits per heavy atom. The van der Waals surface area contributed by atoms with Gasteiger partial charge >= 0.3 is 0 Å². The van der Waals surface area contributed by atoms with Crippen LogP contribution >= 0.6 is 15.9 Å². The summed E-state index contributed by atoms with van der Waals surface area (Å²) in [6, 6.07) is 6.54. The maximum atomic E-state index is 5.80. The second-order valence-corrected chi connectivity index (χ2v) is 5.89. The van der Waals surface area contributed by atoms with E-state index in [1.807, 2.05) is 0 Å². The Balaban J connectivity index is 2.32. The van der Waals surface area contributed by atoms with Crippen LogP contribution in [-0.2, 0) is 0 Å². The first-order valence-electron chi connectivity index (χ1n) is 6.63. The topological polar surface area (TPSA) is 38.0 Å². The highest BCUT2D eigenvalue weighted by molar-refractivity contribution is 9.10. The Morgan fingerprint density at radius 2 is 2.11 bits per heavy atom. The third kappa shape index (κ3) is 3.22.